The van der Waals surface area contributed by atoms with Gasteiger partial charge in [0, 0.05) is 11.1 Å². The number of nitrogens with one attached hydrogen (secondary N) is 2. The minimum absolute atomic E-state index is 0.0162. The number of rotatable bonds is 11. The fraction of sp³-hybridized carbons (Fsp3) is 0.579. The largest absolute Gasteiger partial charge is 0.384 e. The molecule has 2 aliphatic carbocycles. The van der Waals surface area contributed by atoms with Gasteiger partial charge in [0.1, 0.15) is 17.2 Å². The van der Waals surface area contributed by atoms with Crippen molar-refractivity contribution in [3.8, 4) is 0 Å². The van der Waals surface area contributed by atoms with Crippen LogP contribution in [0.5, 0.6) is 0 Å². The first-order valence-corrected chi connectivity index (χ1v) is 17.4. The van der Waals surface area contributed by atoms with Gasteiger partial charge in [-0.2, -0.15) is 5.10 Å². The topological polar surface area (TPSA) is 138 Å². The maximum Gasteiger partial charge on any atom is 0.275 e. The lowest BCUT2D eigenvalue weighted by Gasteiger charge is -2.46. The molecule has 3 aliphatic rings. The molecule has 0 bridgehead atoms. The van der Waals surface area contributed by atoms with Crippen LogP contribution in [0.4, 0.5) is 0 Å². The zero-order valence-corrected chi connectivity index (χ0v) is 29.2. The summed E-state index contributed by atoms with van der Waals surface area (Å²) in [7, 11) is 0. The number of nitrogens with two attached hydrogens (primary N) is 2. The quantitative estimate of drug-likeness (QED) is 0.0954. The molecule has 2 saturated carbocycles. The van der Waals surface area contributed by atoms with Crippen LogP contribution in [0.15, 0.2) is 58.6 Å². The lowest BCUT2D eigenvalue weighted by Crippen LogP contribution is -2.51. The van der Waals surface area contributed by atoms with E-state index in [-0.39, 0.29) is 41.1 Å². The van der Waals surface area contributed by atoms with E-state index in [0.717, 1.165) is 49.7 Å². The molecule has 0 saturated heterocycles. The number of hydrazone groups is 1. The van der Waals surface area contributed by atoms with Gasteiger partial charge in [-0.05, 0) is 104 Å². The number of hydrogen-bond acceptors (Lipinski definition) is 6. The van der Waals surface area contributed by atoms with E-state index in [2.05, 4.69) is 86.7 Å². The third kappa shape index (κ3) is 8.61. The molecular formula is C38H55N7O2. The summed E-state index contributed by atoms with van der Waals surface area (Å²) in [5.41, 5.74) is 12.0. The van der Waals surface area contributed by atoms with Crippen molar-refractivity contribution in [2.75, 3.05) is 6.54 Å². The molecule has 2 amide bonds. The number of amides is 2. The lowest BCUT2D eigenvalue weighted by atomic mass is 9.73. The van der Waals surface area contributed by atoms with Crippen LogP contribution in [0.2, 0.25) is 0 Å². The Balaban J connectivity index is 1.47. The molecule has 0 aromatic heterocycles. The minimum Gasteiger partial charge on any atom is -0.384 e. The van der Waals surface area contributed by atoms with Crippen molar-refractivity contribution < 1.29 is 9.59 Å². The number of aliphatic imine (C=N–C) groups is 1. The Hall–Kier alpha value is -3.72. The molecule has 47 heavy (non-hydrogen) atoms. The molecule has 2 aromatic rings. The number of amidine groups is 1. The number of nitrogens with zero attached hydrogens (tertiary/aromatic N) is 3. The Morgan fingerprint density at radius 3 is 2.17 bits per heavy atom. The average Bonchev–Trinajstić information content (AvgIpc) is 3.83. The van der Waals surface area contributed by atoms with E-state index in [1.165, 1.54) is 24.8 Å². The highest BCUT2D eigenvalue weighted by Crippen LogP contribution is 2.49. The van der Waals surface area contributed by atoms with E-state index in [1.54, 1.807) is 0 Å². The maximum atomic E-state index is 14.7. The van der Waals surface area contributed by atoms with Crippen LogP contribution in [-0.2, 0) is 4.79 Å². The molecule has 1 aliphatic heterocycles. The van der Waals surface area contributed by atoms with Gasteiger partial charge >= 0.3 is 0 Å². The number of carbonyl (C=O) groups excluding carboxylic acids is 2. The molecule has 9 nitrogen and oxygen atoms in total. The van der Waals surface area contributed by atoms with E-state index in [1.807, 2.05) is 24.3 Å². The van der Waals surface area contributed by atoms with Gasteiger partial charge in [0.2, 0.25) is 0 Å². The highest BCUT2D eigenvalue weighted by Gasteiger charge is 2.52. The molecule has 5 rings (SSSR count). The van der Waals surface area contributed by atoms with Crippen LogP contribution in [0.1, 0.15) is 138 Å². The third-order valence-corrected chi connectivity index (χ3v) is 9.90. The third-order valence-electron chi connectivity index (χ3n) is 9.90. The SMILES string of the molecule is CC(C)(C)CCC(c1ccc(C(=O)NC/C(N)=N/NN)cc1)N1C(=O)C(c2ccc(C3CC3)cc2)=NC12CCC(CC(C)(C)C)CC2. The molecule has 1 atom stereocenters. The molecule has 2 aromatic carbocycles. The van der Waals surface area contributed by atoms with Gasteiger partial charge in [0.25, 0.3) is 11.8 Å². The van der Waals surface area contributed by atoms with Gasteiger partial charge in [0.05, 0.1) is 12.6 Å². The second kappa shape index (κ2) is 13.8. The average molecular weight is 642 g/mol. The molecule has 2 fully saturated rings. The van der Waals surface area contributed by atoms with E-state index < -0.39 is 5.66 Å². The maximum absolute atomic E-state index is 14.7. The van der Waals surface area contributed by atoms with Gasteiger partial charge in [-0.3, -0.25) is 14.6 Å². The standard InChI is InChI=1S/C38H55N7O2/c1-36(2,3)20-19-31(28-11-15-30(16-12-28)34(46)41-24-32(39)43-44-40)45-35(47)33(29-13-9-27(10-14-29)26-7-8-26)42-38(45)21-17-25(18-22-38)23-37(4,5)6/h9-16,25-26,31,44H,7-8,17-24,40H2,1-6H3,(H2,39,43)(H,41,46). The van der Waals surface area contributed by atoms with Crippen molar-refractivity contribution in [1.82, 2.24) is 15.8 Å². The van der Waals surface area contributed by atoms with Gasteiger partial charge in [0.15, 0.2) is 0 Å². The Morgan fingerprint density at radius 2 is 1.62 bits per heavy atom. The zero-order valence-electron chi connectivity index (χ0n) is 29.2. The van der Waals surface area contributed by atoms with Crippen LogP contribution in [-0.4, -0.2) is 40.5 Å². The van der Waals surface area contributed by atoms with Crippen molar-refractivity contribution in [1.29, 1.82) is 0 Å². The molecule has 0 radical (unpaired) electrons. The summed E-state index contributed by atoms with van der Waals surface area (Å²) < 4.78 is 0. The molecule has 1 heterocycles. The highest BCUT2D eigenvalue weighted by atomic mass is 16.2. The van der Waals surface area contributed by atoms with Crippen molar-refractivity contribution >= 4 is 23.4 Å². The normalized spacial score (nSPS) is 22.7. The fourth-order valence-corrected chi connectivity index (χ4v) is 7.39. The molecule has 254 valence electrons. The molecular weight excluding hydrogens is 586 g/mol. The Bertz CT molecular complexity index is 1470. The number of benzene rings is 2. The second-order valence-corrected chi connectivity index (χ2v) is 16.4. The minimum atomic E-state index is -0.581. The first-order chi connectivity index (χ1) is 22.2. The second-order valence-electron chi connectivity index (χ2n) is 16.4. The van der Waals surface area contributed by atoms with E-state index in [0.29, 0.717) is 23.1 Å². The van der Waals surface area contributed by atoms with Crippen LogP contribution in [0, 0.1) is 16.7 Å². The van der Waals surface area contributed by atoms with Crippen molar-refractivity contribution in [3.05, 3.63) is 70.8 Å². The zero-order chi connectivity index (χ0) is 34.0. The van der Waals surface area contributed by atoms with Crippen LogP contribution in [0.3, 0.4) is 0 Å². The summed E-state index contributed by atoms with van der Waals surface area (Å²) in [4.78, 5) is 35.2. The fourth-order valence-electron chi connectivity index (χ4n) is 7.39. The van der Waals surface area contributed by atoms with Crippen molar-refractivity contribution in [2.45, 2.75) is 117 Å². The smallest absolute Gasteiger partial charge is 0.275 e. The number of hydrogen-bond donors (Lipinski definition) is 4. The van der Waals surface area contributed by atoms with Gasteiger partial charge in [-0.15, -0.1) is 0 Å². The Morgan fingerprint density at radius 1 is 0.979 bits per heavy atom. The van der Waals surface area contributed by atoms with Crippen LogP contribution < -0.4 is 22.4 Å². The highest BCUT2D eigenvalue weighted by molar-refractivity contribution is 6.46. The molecule has 9 heteroatoms. The van der Waals surface area contributed by atoms with Crippen LogP contribution in [0.25, 0.3) is 0 Å². The van der Waals surface area contributed by atoms with Gasteiger partial charge < -0.3 is 16.0 Å². The van der Waals surface area contributed by atoms with Crippen molar-refractivity contribution in [2.24, 2.45) is 38.4 Å². The predicted octanol–water partition coefficient (Wildman–Crippen LogP) is 6.55. The lowest BCUT2D eigenvalue weighted by molar-refractivity contribution is -0.133. The van der Waals surface area contributed by atoms with E-state index in [4.69, 9.17) is 16.6 Å². The van der Waals surface area contributed by atoms with Crippen molar-refractivity contribution in [3.63, 3.8) is 0 Å². The van der Waals surface area contributed by atoms with Crippen LogP contribution >= 0.6 is 0 Å². The molecule has 1 unspecified atom stereocenters. The summed E-state index contributed by atoms with van der Waals surface area (Å²) in [6.45, 7) is 13.8. The Labute approximate surface area is 281 Å². The Kier molecular flexibility index (Phi) is 10.2. The molecule has 6 N–H and O–H groups in total. The summed E-state index contributed by atoms with van der Waals surface area (Å²) in [5, 5.41) is 6.46. The summed E-state index contributed by atoms with van der Waals surface area (Å²) in [5.74, 6) is 6.40. The predicted molar refractivity (Wildman–Crippen MR) is 190 cm³/mol. The van der Waals surface area contributed by atoms with E-state index >= 15 is 0 Å². The molecule has 1 spiro atoms. The number of carbonyl (C=O) groups is 2. The monoisotopic (exact) mass is 641 g/mol. The summed E-state index contributed by atoms with van der Waals surface area (Å²) in [6, 6.07) is 16.0. The first kappa shape index (κ1) is 34.6. The first-order valence-electron chi connectivity index (χ1n) is 17.4. The summed E-state index contributed by atoms with van der Waals surface area (Å²) in [6.07, 6.45) is 9.22. The summed E-state index contributed by atoms with van der Waals surface area (Å²) >= 11 is 0. The van der Waals surface area contributed by atoms with Gasteiger partial charge in [-0.1, -0.05) is 77.9 Å². The van der Waals surface area contributed by atoms with Gasteiger partial charge in [-0.25, -0.2) is 11.4 Å². The van der Waals surface area contributed by atoms with E-state index in [9.17, 15) is 9.59 Å². The number of hydrazine groups is 1.